The highest BCUT2D eigenvalue weighted by Gasteiger charge is 2.19. The first kappa shape index (κ1) is 10.4. The van der Waals surface area contributed by atoms with Gasteiger partial charge < -0.3 is 10.8 Å². The highest BCUT2D eigenvalue weighted by Crippen LogP contribution is 2.07. The van der Waals surface area contributed by atoms with Gasteiger partial charge in [-0.25, -0.2) is 0 Å². The third-order valence-electron chi connectivity index (χ3n) is 1.66. The molecule has 0 saturated carbocycles. The summed E-state index contributed by atoms with van der Waals surface area (Å²) in [5, 5.41) is 9.18. The molecule has 0 heterocycles. The van der Waals surface area contributed by atoms with Crippen LogP contribution < -0.4 is 5.73 Å². The second-order valence-electron chi connectivity index (χ2n) is 2.93. The van der Waals surface area contributed by atoms with Crippen molar-refractivity contribution < 1.29 is 5.11 Å². The first-order chi connectivity index (χ1) is 5.00. The molecule has 0 amide bonds. The van der Waals surface area contributed by atoms with Gasteiger partial charge >= 0.3 is 0 Å². The van der Waals surface area contributed by atoms with E-state index in [0.717, 1.165) is 0 Å². The van der Waals surface area contributed by atoms with Gasteiger partial charge in [0.25, 0.3) is 0 Å². The summed E-state index contributed by atoms with van der Waals surface area (Å²) >= 11 is 0. The van der Waals surface area contributed by atoms with E-state index >= 15 is 0 Å². The molecular formula is C9H17NO. The molecule has 11 heavy (non-hydrogen) atoms. The first-order valence-corrected chi connectivity index (χ1v) is 3.78. The van der Waals surface area contributed by atoms with Crippen molar-refractivity contribution in [1.82, 2.24) is 0 Å². The average Bonchev–Trinajstić information content (AvgIpc) is 1.88. The van der Waals surface area contributed by atoms with Gasteiger partial charge in [0.05, 0.1) is 11.6 Å². The van der Waals surface area contributed by atoms with Gasteiger partial charge in [0.1, 0.15) is 0 Å². The lowest BCUT2D eigenvalue weighted by molar-refractivity contribution is 0.137. The predicted molar refractivity (Wildman–Crippen MR) is 48.2 cm³/mol. The SMILES string of the molecule is C/C=C\C=C/[C@](C)(N)C(C)O. The molecule has 0 aromatic rings. The van der Waals surface area contributed by atoms with Gasteiger partial charge in [-0.2, -0.15) is 0 Å². The van der Waals surface area contributed by atoms with Crippen molar-refractivity contribution in [3.05, 3.63) is 24.3 Å². The van der Waals surface area contributed by atoms with E-state index in [4.69, 9.17) is 5.73 Å². The Balaban J connectivity index is 4.11. The Morgan fingerprint density at radius 3 is 2.36 bits per heavy atom. The largest absolute Gasteiger partial charge is 0.391 e. The predicted octanol–water partition coefficient (Wildman–Crippen LogP) is 1.22. The van der Waals surface area contributed by atoms with Gasteiger partial charge in [-0.1, -0.05) is 24.3 Å². The Morgan fingerprint density at radius 2 is 2.00 bits per heavy atom. The van der Waals surface area contributed by atoms with Gasteiger partial charge in [-0.05, 0) is 20.8 Å². The van der Waals surface area contributed by atoms with E-state index in [0.29, 0.717) is 0 Å². The Hall–Kier alpha value is -0.600. The molecule has 0 aliphatic rings. The number of rotatable bonds is 3. The molecule has 3 N–H and O–H groups in total. The smallest absolute Gasteiger partial charge is 0.0724 e. The zero-order valence-electron chi connectivity index (χ0n) is 7.41. The van der Waals surface area contributed by atoms with Crippen molar-refractivity contribution in [3.8, 4) is 0 Å². The standard InChI is InChI=1S/C9H17NO/c1-4-5-6-7-9(3,10)8(2)11/h4-8,11H,10H2,1-3H3/b5-4-,7-6-/t8?,9-/m0/s1. The minimum atomic E-state index is -0.625. The summed E-state index contributed by atoms with van der Waals surface area (Å²) in [5.41, 5.74) is 5.10. The molecule has 0 rings (SSSR count). The van der Waals surface area contributed by atoms with Crippen LogP contribution in [-0.2, 0) is 0 Å². The highest BCUT2D eigenvalue weighted by molar-refractivity contribution is 5.11. The van der Waals surface area contributed by atoms with E-state index < -0.39 is 11.6 Å². The molecule has 64 valence electrons. The van der Waals surface area contributed by atoms with E-state index in [-0.39, 0.29) is 0 Å². The summed E-state index contributed by atoms with van der Waals surface area (Å²) in [6, 6.07) is 0. The van der Waals surface area contributed by atoms with Crippen LogP contribution in [0.25, 0.3) is 0 Å². The van der Waals surface area contributed by atoms with Crippen LogP contribution in [0.1, 0.15) is 20.8 Å². The second kappa shape index (κ2) is 4.31. The van der Waals surface area contributed by atoms with Gasteiger partial charge in [0, 0.05) is 0 Å². The number of nitrogens with two attached hydrogens (primary N) is 1. The third kappa shape index (κ3) is 3.96. The van der Waals surface area contributed by atoms with E-state index in [1.807, 2.05) is 25.2 Å². The van der Waals surface area contributed by atoms with Gasteiger partial charge in [0.2, 0.25) is 0 Å². The van der Waals surface area contributed by atoms with Crippen LogP contribution in [0.3, 0.4) is 0 Å². The van der Waals surface area contributed by atoms with Crippen LogP contribution in [0.5, 0.6) is 0 Å². The molecule has 0 radical (unpaired) electrons. The Morgan fingerprint density at radius 1 is 1.45 bits per heavy atom. The molecule has 1 unspecified atom stereocenters. The molecule has 2 heteroatoms. The maximum atomic E-state index is 9.18. The number of hydrogen-bond acceptors (Lipinski definition) is 2. The minimum absolute atomic E-state index is 0.524. The Bertz CT molecular complexity index is 157. The van der Waals surface area contributed by atoms with Gasteiger partial charge in [-0.3, -0.25) is 0 Å². The third-order valence-corrected chi connectivity index (χ3v) is 1.66. The van der Waals surface area contributed by atoms with Gasteiger partial charge in [0.15, 0.2) is 0 Å². The lowest BCUT2D eigenvalue weighted by Crippen LogP contribution is -2.44. The van der Waals surface area contributed by atoms with Crippen molar-refractivity contribution in [2.24, 2.45) is 5.73 Å². The maximum absolute atomic E-state index is 9.18. The van der Waals surface area contributed by atoms with Crippen molar-refractivity contribution in [2.75, 3.05) is 0 Å². The summed E-state index contributed by atoms with van der Waals surface area (Å²) in [6.07, 6.45) is 6.90. The topological polar surface area (TPSA) is 46.2 Å². The molecule has 0 bridgehead atoms. The fourth-order valence-corrected chi connectivity index (χ4v) is 0.513. The van der Waals surface area contributed by atoms with E-state index in [9.17, 15) is 5.11 Å². The molecule has 0 aliphatic carbocycles. The fraction of sp³-hybridized carbons (Fsp3) is 0.556. The van der Waals surface area contributed by atoms with E-state index in [1.54, 1.807) is 19.9 Å². The molecule has 2 atom stereocenters. The zero-order chi connectivity index (χ0) is 8.91. The number of aliphatic hydroxyl groups is 1. The molecule has 0 fully saturated rings. The summed E-state index contributed by atoms with van der Waals surface area (Å²) in [7, 11) is 0. The van der Waals surface area contributed by atoms with Crippen molar-refractivity contribution >= 4 is 0 Å². The average molecular weight is 155 g/mol. The van der Waals surface area contributed by atoms with Gasteiger partial charge in [-0.15, -0.1) is 0 Å². The Kier molecular flexibility index (Phi) is 4.08. The normalized spacial score (nSPS) is 20.8. The molecule has 0 aromatic heterocycles. The van der Waals surface area contributed by atoms with Crippen LogP contribution >= 0.6 is 0 Å². The highest BCUT2D eigenvalue weighted by atomic mass is 16.3. The summed E-state index contributed by atoms with van der Waals surface area (Å²) in [6.45, 7) is 5.40. The molecule has 2 nitrogen and oxygen atoms in total. The lowest BCUT2D eigenvalue weighted by Gasteiger charge is -2.23. The molecule has 0 aromatic carbocycles. The minimum Gasteiger partial charge on any atom is -0.391 e. The summed E-state index contributed by atoms with van der Waals surface area (Å²) < 4.78 is 0. The van der Waals surface area contributed by atoms with Crippen LogP contribution in [0.4, 0.5) is 0 Å². The fourth-order valence-electron chi connectivity index (χ4n) is 0.513. The monoisotopic (exact) mass is 155 g/mol. The first-order valence-electron chi connectivity index (χ1n) is 3.78. The maximum Gasteiger partial charge on any atom is 0.0724 e. The van der Waals surface area contributed by atoms with E-state index in [1.165, 1.54) is 0 Å². The van der Waals surface area contributed by atoms with Crippen LogP contribution in [0, 0.1) is 0 Å². The molecule has 0 saturated heterocycles. The van der Waals surface area contributed by atoms with Crippen molar-refractivity contribution in [3.63, 3.8) is 0 Å². The number of allylic oxidation sites excluding steroid dienone is 3. The zero-order valence-corrected chi connectivity index (χ0v) is 7.41. The Labute approximate surface area is 68.4 Å². The van der Waals surface area contributed by atoms with Crippen LogP contribution in [0.2, 0.25) is 0 Å². The number of aliphatic hydroxyl groups excluding tert-OH is 1. The van der Waals surface area contributed by atoms with E-state index in [2.05, 4.69) is 0 Å². The van der Waals surface area contributed by atoms with Crippen LogP contribution in [0.15, 0.2) is 24.3 Å². The lowest BCUT2D eigenvalue weighted by atomic mass is 9.97. The van der Waals surface area contributed by atoms with Crippen molar-refractivity contribution in [1.29, 1.82) is 0 Å². The summed E-state index contributed by atoms with van der Waals surface area (Å²) in [4.78, 5) is 0. The van der Waals surface area contributed by atoms with Crippen molar-refractivity contribution in [2.45, 2.75) is 32.4 Å². The quantitative estimate of drug-likeness (QED) is 0.602. The summed E-state index contributed by atoms with van der Waals surface area (Å²) in [5.74, 6) is 0. The second-order valence-corrected chi connectivity index (χ2v) is 2.93. The molecule has 0 aliphatic heterocycles. The molecular weight excluding hydrogens is 138 g/mol. The molecule has 0 spiro atoms. The number of hydrogen-bond donors (Lipinski definition) is 2. The van der Waals surface area contributed by atoms with Crippen LogP contribution in [-0.4, -0.2) is 16.7 Å².